The number of tetrazole rings is 1. The largest absolute Gasteiger partial charge is 0.360 e. The van der Waals surface area contributed by atoms with Crippen LogP contribution in [-0.2, 0) is 11.3 Å². The number of carbonyl (C=O) groups is 1. The van der Waals surface area contributed by atoms with Gasteiger partial charge in [0, 0.05) is 10.9 Å². The molecule has 120 valence electrons. The lowest BCUT2D eigenvalue weighted by Crippen LogP contribution is -2.23. The van der Waals surface area contributed by atoms with E-state index in [4.69, 9.17) is 4.52 Å². The number of hydrogen-bond donors (Lipinski definition) is 1. The highest BCUT2D eigenvalue weighted by atomic mass is 32.2. The van der Waals surface area contributed by atoms with E-state index in [1.165, 1.54) is 11.8 Å². The number of thioether (sulfide) groups is 1. The van der Waals surface area contributed by atoms with Crippen LogP contribution in [0.15, 0.2) is 33.3 Å². The van der Waals surface area contributed by atoms with Crippen LogP contribution < -0.4 is 5.32 Å². The van der Waals surface area contributed by atoms with Crippen molar-refractivity contribution in [1.82, 2.24) is 25.4 Å². The second kappa shape index (κ2) is 6.92. The Labute approximate surface area is 140 Å². The van der Waals surface area contributed by atoms with E-state index in [1.54, 1.807) is 35.9 Å². The minimum atomic E-state index is -0.375. The number of hydrogen-bond acceptors (Lipinski definition) is 8. The molecular weight excluding hydrogens is 336 g/mol. The summed E-state index contributed by atoms with van der Waals surface area (Å²) in [5, 5.41) is 20.3. The average Bonchev–Trinajstić information content (AvgIpc) is 3.24. The maximum Gasteiger partial charge on any atom is 0.238 e. The Kier molecular flexibility index (Phi) is 4.72. The van der Waals surface area contributed by atoms with Gasteiger partial charge >= 0.3 is 0 Å². The van der Waals surface area contributed by atoms with Gasteiger partial charge in [-0.3, -0.25) is 4.79 Å². The van der Waals surface area contributed by atoms with Gasteiger partial charge in [0.15, 0.2) is 5.82 Å². The Morgan fingerprint density at radius 1 is 1.57 bits per heavy atom. The van der Waals surface area contributed by atoms with E-state index in [2.05, 4.69) is 26.0 Å². The molecule has 3 aromatic rings. The first-order valence-electron chi connectivity index (χ1n) is 6.81. The molecule has 1 N–H and O–H groups in total. The molecule has 0 aromatic carbocycles. The van der Waals surface area contributed by atoms with Crippen LogP contribution in [0.25, 0.3) is 0 Å². The quantitative estimate of drug-likeness (QED) is 0.680. The summed E-state index contributed by atoms with van der Waals surface area (Å²) in [6.45, 7) is 4.14. The highest BCUT2D eigenvalue weighted by Crippen LogP contribution is 2.22. The van der Waals surface area contributed by atoms with Crippen molar-refractivity contribution in [2.45, 2.75) is 30.8 Å². The summed E-state index contributed by atoms with van der Waals surface area (Å²) in [5.74, 6) is 0.854. The van der Waals surface area contributed by atoms with E-state index in [0.29, 0.717) is 23.3 Å². The molecule has 0 fully saturated rings. The minimum Gasteiger partial charge on any atom is -0.360 e. The lowest BCUT2D eigenvalue weighted by atomic mass is 10.4. The molecule has 10 heteroatoms. The summed E-state index contributed by atoms with van der Waals surface area (Å²) >= 11 is 2.93. The van der Waals surface area contributed by atoms with Crippen LogP contribution in [0.1, 0.15) is 17.6 Å². The van der Waals surface area contributed by atoms with E-state index in [0.717, 1.165) is 4.88 Å². The van der Waals surface area contributed by atoms with Gasteiger partial charge in [0.05, 0.1) is 11.8 Å². The van der Waals surface area contributed by atoms with Crippen molar-refractivity contribution < 1.29 is 9.32 Å². The van der Waals surface area contributed by atoms with Gasteiger partial charge in [0.2, 0.25) is 11.1 Å². The number of amides is 1. The summed E-state index contributed by atoms with van der Waals surface area (Å²) in [4.78, 5) is 13.3. The molecule has 0 bridgehead atoms. The van der Waals surface area contributed by atoms with Crippen molar-refractivity contribution in [3.8, 4) is 0 Å². The summed E-state index contributed by atoms with van der Waals surface area (Å²) in [6, 6.07) is 5.66. The summed E-state index contributed by atoms with van der Waals surface area (Å²) in [7, 11) is 0. The zero-order valence-electron chi connectivity index (χ0n) is 12.5. The smallest absolute Gasteiger partial charge is 0.238 e. The van der Waals surface area contributed by atoms with E-state index >= 15 is 0 Å². The second-order valence-electron chi connectivity index (χ2n) is 4.77. The topological polar surface area (TPSA) is 98.7 Å². The molecule has 3 heterocycles. The van der Waals surface area contributed by atoms with Crippen molar-refractivity contribution >= 4 is 34.8 Å². The first-order valence-corrected chi connectivity index (χ1v) is 8.57. The number of rotatable bonds is 6. The number of carbonyl (C=O) groups excluding carboxylic acids is 1. The summed E-state index contributed by atoms with van der Waals surface area (Å²) in [5.41, 5.74) is 0. The van der Waals surface area contributed by atoms with Gasteiger partial charge in [-0.15, -0.1) is 16.4 Å². The van der Waals surface area contributed by atoms with Gasteiger partial charge in [0.1, 0.15) is 5.76 Å². The van der Waals surface area contributed by atoms with Crippen LogP contribution in [0.2, 0.25) is 0 Å². The number of nitrogens with one attached hydrogen (secondary N) is 1. The van der Waals surface area contributed by atoms with Crippen LogP contribution in [-0.4, -0.2) is 36.5 Å². The minimum absolute atomic E-state index is 0.186. The Bertz CT molecular complexity index is 782. The molecule has 0 aliphatic rings. The third kappa shape index (κ3) is 3.96. The van der Waals surface area contributed by atoms with Crippen molar-refractivity contribution in [2.75, 3.05) is 5.32 Å². The SMILES string of the molecule is Cc1cc(NC(=O)C(C)Sc2nnnn2Cc2cccs2)no1. The molecule has 1 atom stereocenters. The van der Waals surface area contributed by atoms with Crippen LogP contribution in [0.3, 0.4) is 0 Å². The fourth-order valence-corrected chi connectivity index (χ4v) is 3.27. The number of aromatic nitrogens is 5. The summed E-state index contributed by atoms with van der Waals surface area (Å²) in [6.07, 6.45) is 0. The zero-order chi connectivity index (χ0) is 16.2. The first kappa shape index (κ1) is 15.7. The van der Waals surface area contributed by atoms with Crippen molar-refractivity contribution in [3.05, 3.63) is 34.2 Å². The summed E-state index contributed by atoms with van der Waals surface area (Å²) < 4.78 is 6.60. The Morgan fingerprint density at radius 3 is 3.13 bits per heavy atom. The highest BCUT2D eigenvalue weighted by Gasteiger charge is 2.20. The van der Waals surface area contributed by atoms with E-state index in [9.17, 15) is 4.79 Å². The monoisotopic (exact) mass is 350 g/mol. The van der Waals surface area contributed by atoms with Crippen LogP contribution in [0.5, 0.6) is 0 Å². The first-order chi connectivity index (χ1) is 11.1. The Morgan fingerprint density at radius 2 is 2.43 bits per heavy atom. The Balaban J connectivity index is 1.62. The molecule has 0 aliphatic heterocycles. The molecular formula is C13H14N6O2S2. The number of thiophene rings is 1. The van der Waals surface area contributed by atoms with Gasteiger partial charge in [-0.1, -0.05) is 23.0 Å². The molecule has 3 rings (SSSR count). The molecule has 23 heavy (non-hydrogen) atoms. The van der Waals surface area contributed by atoms with Crippen LogP contribution in [0, 0.1) is 6.92 Å². The lowest BCUT2D eigenvalue weighted by Gasteiger charge is -2.09. The Hall–Kier alpha value is -2.20. The van der Waals surface area contributed by atoms with Crippen molar-refractivity contribution in [3.63, 3.8) is 0 Å². The van der Waals surface area contributed by atoms with Crippen molar-refractivity contribution in [2.24, 2.45) is 0 Å². The van der Waals surface area contributed by atoms with Gasteiger partial charge < -0.3 is 9.84 Å². The predicted molar refractivity (Wildman–Crippen MR) is 86.4 cm³/mol. The number of aryl methyl sites for hydroxylation is 1. The van der Waals surface area contributed by atoms with Gasteiger partial charge in [0.25, 0.3) is 0 Å². The molecule has 0 saturated carbocycles. The highest BCUT2D eigenvalue weighted by molar-refractivity contribution is 8.00. The third-order valence-corrected chi connectivity index (χ3v) is 4.85. The second-order valence-corrected chi connectivity index (χ2v) is 7.11. The molecule has 0 aliphatic carbocycles. The average molecular weight is 350 g/mol. The fourth-order valence-electron chi connectivity index (χ4n) is 1.80. The zero-order valence-corrected chi connectivity index (χ0v) is 14.1. The standard InChI is InChI=1S/C13H14N6O2S2/c1-8-6-11(16-21-8)14-12(20)9(2)23-13-15-17-18-19(13)7-10-4-3-5-22-10/h3-6,9H,7H2,1-2H3,(H,14,16,20). The maximum absolute atomic E-state index is 12.2. The van der Waals surface area contributed by atoms with E-state index in [1.807, 2.05) is 17.5 Å². The molecule has 0 radical (unpaired) electrons. The normalized spacial score (nSPS) is 12.3. The number of nitrogens with zero attached hydrogens (tertiary/aromatic N) is 5. The van der Waals surface area contributed by atoms with E-state index < -0.39 is 0 Å². The fraction of sp³-hybridized carbons (Fsp3) is 0.308. The maximum atomic E-state index is 12.2. The molecule has 3 aromatic heterocycles. The van der Waals surface area contributed by atoms with E-state index in [-0.39, 0.29) is 11.2 Å². The molecule has 8 nitrogen and oxygen atoms in total. The van der Waals surface area contributed by atoms with Gasteiger partial charge in [-0.25, -0.2) is 4.68 Å². The van der Waals surface area contributed by atoms with Gasteiger partial charge in [-0.05, 0) is 35.7 Å². The third-order valence-electron chi connectivity index (χ3n) is 2.92. The van der Waals surface area contributed by atoms with Crippen molar-refractivity contribution in [1.29, 1.82) is 0 Å². The van der Waals surface area contributed by atoms with Gasteiger partial charge in [-0.2, -0.15) is 0 Å². The van der Waals surface area contributed by atoms with Crippen LogP contribution in [0.4, 0.5) is 5.82 Å². The van der Waals surface area contributed by atoms with Crippen LogP contribution >= 0.6 is 23.1 Å². The molecule has 1 unspecified atom stereocenters. The number of anilines is 1. The molecule has 0 spiro atoms. The molecule has 1 amide bonds. The molecule has 0 saturated heterocycles. The predicted octanol–water partition coefficient (Wildman–Crippen LogP) is 2.20. The lowest BCUT2D eigenvalue weighted by molar-refractivity contribution is -0.115.